The zero-order valence-electron chi connectivity index (χ0n) is 10.5. The third kappa shape index (κ3) is 4.98. The van der Waals surface area contributed by atoms with Crippen LogP contribution in [-0.2, 0) is 0 Å². The third-order valence-corrected chi connectivity index (χ3v) is 3.38. The highest BCUT2D eigenvalue weighted by Gasteiger charge is 2.21. The molecule has 0 saturated heterocycles. The van der Waals surface area contributed by atoms with Gasteiger partial charge in [-0.1, -0.05) is 33.6 Å². The fourth-order valence-corrected chi connectivity index (χ4v) is 2.68. The standard InChI is InChI=1S/C13H27NO/c1-10(2)7-13(9-15)14-12-6-4-5-11(3)8-12/h10-15H,4-9H2,1-3H3/t11-,12+,13+/m0/s1. The molecule has 0 heterocycles. The van der Waals surface area contributed by atoms with Gasteiger partial charge in [0, 0.05) is 12.1 Å². The number of hydrogen-bond acceptors (Lipinski definition) is 2. The molecule has 0 spiro atoms. The summed E-state index contributed by atoms with van der Waals surface area (Å²) in [5, 5.41) is 12.9. The summed E-state index contributed by atoms with van der Waals surface area (Å²) < 4.78 is 0. The van der Waals surface area contributed by atoms with Crippen LogP contribution in [0.3, 0.4) is 0 Å². The molecule has 0 aromatic carbocycles. The molecule has 0 amide bonds. The van der Waals surface area contributed by atoms with Crippen LogP contribution in [0.1, 0.15) is 52.9 Å². The van der Waals surface area contributed by atoms with Crippen LogP contribution >= 0.6 is 0 Å². The molecule has 0 aromatic rings. The Hall–Kier alpha value is -0.0800. The molecule has 2 N–H and O–H groups in total. The van der Waals surface area contributed by atoms with E-state index < -0.39 is 0 Å². The van der Waals surface area contributed by atoms with Crippen LogP contribution in [0.15, 0.2) is 0 Å². The molecule has 2 nitrogen and oxygen atoms in total. The van der Waals surface area contributed by atoms with Gasteiger partial charge in [0.1, 0.15) is 0 Å². The Balaban J connectivity index is 2.30. The van der Waals surface area contributed by atoms with Crippen LogP contribution in [0.5, 0.6) is 0 Å². The summed E-state index contributed by atoms with van der Waals surface area (Å²) in [5.41, 5.74) is 0. The third-order valence-electron chi connectivity index (χ3n) is 3.38. The summed E-state index contributed by atoms with van der Waals surface area (Å²) in [7, 11) is 0. The largest absolute Gasteiger partial charge is 0.395 e. The average molecular weight is 213 g/mol. The molecular weight excluding hydrogens is 186 g/mol. The SMILES string of the molecule is CC(C)C[C@H](CO)N[C@@H]1CCC[C@H](C)C1. The van der Waals surface area contributed by atoms with Crippen molar-refractivity contribution in [2.75, 3.05) is 6.61 Å². The molecule has 1 saturated carbocycles. The first-order chi connectivity index (χ1) is 7.11. The van der Waals surface area contributed by atoms with Crippen LogP contribution in [0.4, 0.5) is 0 Å². The van der Waals surface area contributed by atoms with Crippen molar-refractivity contribution < 1.29 is 5.11 Å². The number of rotatable bonds is 5. The zero-order valence-corrected chi connectivity index (χ0v) is 10.5. The number of aliphatic hydroxyl groups excluding tert-OH is 1. The van der Waals surface area contributed by atoms with Gasteiger partial charge < -0.3 is 10.4 Å². The van der Waals surface area contributed by atoms with Crippen molar-refractivity contribution >= 4 is 0 Å². The Morgan fingerprint density at radius 2 is 2.07 bits per heavy atom. The predicted octanol–water partition coefficient (Wildman–Crippen LogP) is 2.56. The molecule has 15 heavy (non-hydrogen) atoms. The Morgan fingerprint density at radius 1 is 1.33 bits per heavy atom. The van der Waals surface area contributed by atoms with E-state index in [1.807, 2.05) is 0 Å². The molecule has 1 aliphatic rings. The minimum absolute atomic E-state index is 0.281. The average Bonchev–Trinajstić information content (AvgIpc) is 2.16. The van der Waals surface area contributed by atoms with Gasteiger partial charge in [0.25, 0.3) is 0 Å². The molecule has 0 aliphatic heterocycles. The first kappa shape index (κ1) is 13.0. The highest BCUT2D eigenvalue weighted by atomic mass is 16.3. The Bertz CT molecular complexity index is 168. The predicted molar refractivity (Wildman–Crippen MR) is 64.9 cm³/mol. The lowest BCUT2D eigenvalue weighted by Crippen LogP contribution is -2.43. The topological polar surface area (TPSA) is 32.3 Å². The zero-order chi connectivity index (χ0) is 11.3. The number of hydrogen-bond donors (Lipinski definition) is 2. The van der Waals surface area contributed by atoms with Gasteiger partial charge in [-0.05, 0) is 31.1 Å². The van der Waals surface area contributed by atoms with Gasteiger partial charge in [-0.25, -0.2) is 0 Å². The highest BCUT2D eigenvalue weighted by molar-refractivity contribution is 4.80. The summed E-state index contributed by atoms with van der Waals surface area (Å²) >= 11 is 0. The van der Waals surface area contributed by atoms with Crippen LogP contribution < -0.4 is 5.32 Å². The maximum Gasteiger partial charge on any atom is 0.0584 e. The van der Waals surface area contributed by atoms with Gasteiger partial charge in [-0.15, -0.1) is 0 Å². The normalized spacial score (nSPS) is 29.4. The fraction of sp³-hybridized carbons (Fsp3) is 1.00. The molecule has 0 bridgehead atoms. The molecule has 1 fully saturated rings. The van der Waals surface area contributed by atoms with E-state index in [9.17, 15) is 5.11 Å². The Morgan fingerprint density at radius 3 is 2.60 bits per heavy atom. The molecule has 1 aliphatic carbocycles. The van der Waals surface area contributed by atoms with E-state index in [-0.39, 0.29) is 6.61 Å². The van der Waals surface area contributed by atoms with Gasteiger partial charge in [0.2, 0.25) is 0 Å². The van der Waals surface area contributed by atoms with E-state index in [2.05, 4.69) is 26.1 Å². The monoisotopic (exact) mass is 213 g/mol. The Kier molecular flexibility index (Phi) is 5.62. The second-order valence-electron chi connectivity index (χ2n) is 5.64. The molecule has 0 aromatic heterocycles. The van der Waals surface area contributed by atoms with E-state index in [4.69, 9.17) is 0 Å². The molecule has 90 valence electrons. The minimum Gasteiger partial charge on any atom is -0.395 e. The molecule has 0 unspecified atom stereocenters. The minimum atomic E-state index is 0.281. The van der Waals surface area contributed by atoms with Gasteiger partial charge in [-0.3, -0.25) is 0 Å². The van der Waals surface area contributed by atoms with E-state index >= 15 is 0 Å². The van der Waals surface area contributed by atoms with Gasteiger partial charge in [0.15, 0.2) is 0 Å². The van der Waals surface area contributed by atoms with Gasteiger partial charge in [-0.2, -0.15) is 0 Å². The number of aliphatic hydroxyl groups is 1. The van der Waals surface area contributed by atoms with Crippen molar-refractivity contribution in [1.29, 1.82) is 0 Å². The Labute approximate surface area is 94.5 Å². The smallest absolute Gasteiger partial charge is 0.0584 e. The van der Waals surface area contributed by atoms with Crippen molar-refractivity contribution in [3.05, 3.63) is 0 Å². The van der Waals surface area contributed by atoms with Crippen LogP contribution in [0.2, 0.25) is 0 Å². The quantitative estimate of drug-likeness (QED) is 0.735. The fourth-order valence-electron chi connectivity index (χ4n) is 2.68. The lowest BCUT2D eigenvalue weighted by Gasteiger charge is -2.31. The highest BCUT2D eigenvalue weighted by Crippen LogP contribution is 2.24. The molecule has 2 heteroatoms. The maximum absolute atomic E-state index is 9.31. The van der Waals surface area contributed by atoms with Crippen molar-refractivity contribution in [2.45, 2.75) is 65.0 Å². The van der Waals surface area contributed by atoms with Crippen molar-refractivity contribution in [3.8, 4) is 0 Å². The van der Waals surface area contributed by atoms with E-state index in [0.29, 0.717) is 18.0 Å². The van der Waals surface area contributed by atoms with Crippen LogP contribution in [0, 0.1) is 11.8 Å². The molecular formula is C13H27NO. The number of nitrogens with one attached hydrogen (secondary N) is 1. The van der Waals surface area contributed by atoms with Gasteiger partial charge >= 0.3 is 0 Å². The summed E-state index contributed by atoms with van der Waals surface area (Å²) in [5.74, 6) is 1.52. The van der Waals surface area contributed by atoms with Gasteiger partial charge in [0.05, 0.1) is 6.61 Å². The molecule has 3 atom stereocenters. The lowest BCUT2D eigenvalue weighted by atomic mass is 9.86. The second-order valence-corrected chi connectivity index (χ2v) is 5.64. The summed E-state index contributed by atoms with van der Waals surface area (Å²) in [4.78, 5) is 0. The first-order valence-corrected chi connectivity index (χ1v) is 6.48. The second kappa shape index (κ2) is 6.49. The summed E-state index contributed by atoms with van der Waals surface area (Å²) in [6, 6.07) is 0.949. The summed E-state index contributed by atoms with van der Waals surface area (Å²) in [6.07, 6.45) is 6.39. The van der Waals surface area contributed by atoms with Crippen molar-refractivity contribution in [2.24, 2.45) is 11.8 Å². The maximum atomic E-state index is 9.31. The van der Waals surface area contributed by atoms with E-state index in [1.165, 1.54) is 25.7 Å². The van der Waals surface area contributed by atoms with Crippen LogP contribution in [-0.4, -0.2) is 23.8 Å². The lowest BCUT2D eigenvalue weighted by molar-refractivity contribution is 0.191. The van der Waals surface area contributed by atoms with Crippen molar-refractivity contribution in [1.82, 2.24) is 5.32 Å². The van der Waals surface area contributed by atoms with E-state index in [1.54, 1.807) is 0 Å². The first-order valence-electron chi connectivity index (χ1n) is 6.48. The van der Waals surface area contributed by atoms with Crippen molar-refractivity contribution in [3.63, 3.8) is 0 Å². The molecule has 0 radical (unpaired) electrons. The van der Waals surface area contributed by atoms with Crippen LogP contribution in [0.25, 0.3) is 0 Å². The van der Waals surface area contributed by atoms with E-state index in [0.717, 1.165) is 12.3 Å². The summed E-state index contributed by atoms with van der Waals surface area (Å²) in [6.45, 7) is 7.05. The molecule has 1 rings (SSSR count).